The minimum Gasteiger partial charge on any atom is -0.496 e. The Kier molecular flexibility index (Phi) is 2.93. The molecule has 0 unspecified atom stereocenters. The summed E-state index contributed by atoms with van der Waals surface area (Å²) in [5, 5.41) is 15.2. The van der Waals surface area contributed by atoms with Gasteiger partial charge in [-0.2, -0.15) is 0 Å². The largest absolute Gasteiger partial charge is 0.496 e. The Labute approximate surface area is 110 Å². The van der Waals surface area contributed by atoms with Crippen LogP contribution < -0.4 is 4.74 Å². The number of methoxy groups -OCH3 is 1. The Balaban J connectivity index is 2.30. The third-order valence-corrected chi connectivity index (χ3v) is 3.08. The quantitative estimate of drug-likeness (QED) is 0.781. The van der Waals surface area contributed by atoms with Crippen molar-refractivity contribution in [2.75, 3.05) is 7.11 Å². The predicted octanol–water partition coefficient (Wildman–Crippen LogP) is 3.00. The fourth-order valence-corrected chi connectivity index (χ4v) is 2.19. The number of aliphatic hydroxyl groups is 1. The third-order valence-electron chi connectivity index (χ3n) is 3.08. The fraction of sp³-hybridized carbons (Fsp3) is 0.133. The number of ether oxygens (including phenoxy) is 1. The highest BCUT2D eigenvalue weighted by Crippen LogP contribution is 2.36. The van der Waals surface area contributed by atoms with Crippen molar-refractivity contribution >= 4 is 10.8 Å². The number of fused-ring (bicyclic) bond motifs is 1. The highest BCUT2D eigenvalue weighted by molar-refractivity contribution is 5.98. The van der Waals surface area contributed by atoms with Gasteiger partial charge in [0.15, 0.2) is 5.76 Å². The molecule has 0 spiro atoms. The molecule has 0 saturated heterocycles. The van der Waals surface area contributed by atoms with Gasteiger partial charge in [-0.25, -0.2) is 0 Å². The van der Waals surface area contributed by atoms with Crippen LogP contribution in [0.25, 0.3) is 22.0 Å². The first-order valence-corrected chi connectivity index (χ1v) is 5.96. The molecule has 0 atom stereocenters. The van der Waals surface area contributed by atoms with Gasteiger partial charge >= 0.3 is 0 Å². The monoisotopic (exact) mass is 255 g/mol. The molecule has 4 nitrogen and oxygen atoms in total. The van der Waals surface area contributed by atoms with Gasteiger partial charge in [-0.1, -0.05) is 35.5 Å². The summed E-state index contributed by atoms with van der Waals surface area (Å²) in [5.74, 6) is 1.17. The van der Waals surface area contributed by atoms with Crippen molar-refractivity contribution in [3.8, 4) is 17.0 Å². The maximum atomic E-state index is 9.07. The molecule has 3 rings (SSSR count). The van der Waals surface area contributed by atoms with Crippen LogP contribution in [0.4, 0.5) is 0 Å². The lowest BCUT2D eigenvalue weighted by Crippen LogP contribution is -1.89. The summed E-state index contributed by atoms with van der Waals surface area (Å²) in [6.45, 7) is -0.167. The average molecular weight is 255 g/mol. The summed E-state index contributed by atoms with van der Waals surface area (Å²) in [7, 11) is 1.63. The Hall–Kier alpha value is -2.33. The molecule has 19 heavy (non-hydrogen) atoms. The zero-order valence-corrected chi connectivity index (χ0v) is 10.5. The van der Waals surface area contributed by atoms with Crippen molar-refractivity contribution in [1.82, 2.24) is 5.16 Å². The highest BCUT2D eigenvalue weighted by atomic mass is 16.5. The van der Waals surface area contributed by atoms with Crippen LogP contribution in [0.3, 0.4) is 0 Å². The van der Waals surface area contributed by atoms with Gasteiger partial charge in [0.2, 0.25) is 0 Å². The summed E-state index contributed by atoms with van der Waals surface area (Å²) in [4.78, 5) is 0. The van der Waals surface area contributed by atoms with Crippen LogP contribution >= 0.6 is 0 Å². The zero-order valence-electron chi connectivity index (χ0n) is 10.5. The summed E-state index contributed by atoms with van der Waals surface area (Å²) in [6, 6.07) is 13.6. The zero-order chi connectivity index (χ0) is 13.2. The number of benzene rings is 2. The van der Waals surface area contributed by atoms with Crippen molar-refractivity contribution in [3.63, 3.8) is 0 Å². The smallest absolute Gasteiger partial charge is 0.162 e. The Bertz CT molecular complexity index is 718. The van der Waals surface area contributed by atoms with Gasteiger partial charge in [0.05, 0.1) is 12.7 Å². The van der Waals surface area contributed by atoms with Crippen LogP contribution in [0.1, 0.15) is 5.76 Å². The molecule has 4 heteroatoms. The predicted molar refractivity (Wildman–Crippen MR) is 71.9 cm³/mol. The van der Waals surface area contributed by atoms with E-state index >= 15 is 0 Å². The molecule has 96 valence electrons. The molecule has 1 heterocycles. The molecule has 0 aliphatic rings. The summed E-state index contributed by atoms with van der Waals surface area (Å²) >= 11 is 0. The Morgan fingerprint density at radius 1 is 1.21 bits per heavy atom. The maximum Gasteiger partial charge on any atom is 0.162 e. The lowest BCUT2D eigenvalue weighted by Gasteiger charge is -2.09. The number of hydrogen-bond donors (Lipinski definition) is 1. The minimum atomic E-state index is -0.167. The second-order valence-electron chi connectivity index (χ2n) is 4.20. The number of nitrogens with zero attached hydrogens (tertiary/aromatic N) is 1. The SMILES string of the molecule is COc1ccc2ccccc2c1-c1cc(CO)on1. The van der Waals surface area contributed by atoms with E-state index in [1.54, 1.807) is 13.2 Å². The fourth-order valence-electron chi connectivity index (χ4n) is 2.19. The molecule has 0 amide bonds. The van der Waals surface area contributed by atoms with Crippen LogP contribution in [-0.4, -0.2) is 17.4 Å². The van der Waals surface area contributed by atoms with Gasteiger partial charge in [0, 0.05) is 6.07 Å². The summed E-state index contributed by atoms with van der Waals surface area (Å²) < 4.78 is 10.5. The van der Waals surface area contributed by atoms with Crippen molar-refractivity contribution < 1.29 is 14.4 Å². The van der Waals surface area contributed by atoms with Crippen molar-refractivity contribution in [2.45, 2.75) is 6.61 Å². The van der Waals surface area contributed by atoms with E-state index in [2.05, 4.69) is 5.16 Å². The van der Waals surface area contributed by atoms with E-state index in [9.17, 15) is 0 Å². The molecule has 3 aromatic rings. The first-order valence-electron chi connectivity index (χ1n) is 5.96. The molecule has 0 bridgehead atoms. The van der Waals surface area contributed by atoms with Gasteiger partial charge in [0.25, 0.3) is 0 Å². The van der Waals surface area contributed by atoms with Crippen molar-refractivity contribution in [2.24, 2.45) is 0 Å². The van der Waals surface area contributed by atoms with E-state index in [1.807, 2.05) is 36.4 Å². The first-order chi connectivity index (χ1) is 9.33. The van der Waals surface area contributed by atoms with E-state index in [0.29, 0.717) is 11.5 Å². The van der Waals surface area contributed by atoms with Crippen LogP contribution in [0.5, 0.6) is 5.75 Å². The van der Waals surface area contributed by atoms with E-state index in [4.69, 9.17) is 14.4 Å². The van der Waals surface area contributed by atoms with Crippen molar-refractivity contribution in [1.29, 1.82) is 0 Å². The second-order valence-corrected chi connectivity index (χ2v) is 4.20. The standard InChI is InChI=1S/C15H13NO3/c1-18-14-7-6-10-4-2-3-5-12(10)15(14)13-8-11(9-17)19-16-13/h2-8,17H,9H2,1H3. The lowest BCUT2D eigenvalue weighted by molar-refractivity contribution is 0.229. The topological polar surface area (TPSA) is 55.5 Å². The van der Waals surface area contributed by atoms with Crippen LogP contribution in [-0.2, 0) is 6.61 Å². The molecular weight excluding hydrogens is 242 g/mol. The number of hydrogen-bond acceptors (Lipinski definition) is 4. The van der Waals surface area contributed by atoms with Gasteiger partial charge < -0.3 is 14.4 Å². The van der Waals surface area contributed by atoms with Crippen LogP contribution in [0.15, 0.2) is 47.0 Å². The summed E-state index contributed by atoms with van der Waals surface area (Å²) in [6.07, 6.45) is 0. The highest BCUT2D eigenvalue weighted by Gasteiger charge is 2.14. The van der Waals surface area contributed by atoms with Crippen LogP contribution in [0.2, 0.25) is 0 Å². The van der Waals surface area contributed by atoms with Gasteiger partial charge in [-0.3, -0.25) is 0 Å². The van der Waals surface area contributed by atoms with E-state index in [-0.39, 0.29) is 6.61 Å². The average Bonchev–Trinajstić information content (AvgIpc) is 2.94. The van der Waals surface area contributed by atoms with Gasteiger partial charge in [-0.05, 0) is 16.8 Å². The molecule has 0 aliphatic heterocycles. The molecular formula is C15H13NO3. The normalized spacial score (nSPS) is 10.8. The summed E-state index contributed by atoms with van der Waals surface area (Å²) in [5.41, 5.74) is 1.54. The third kappa shape index (κ3) is 1.96. The number of rotatable bonds is 3. The van der Waals surface area contributed by atoms with E-state index < -0.39 is 0 Å². The van der Waals surface area contributed by atoms with Gasteiger partial charge in [0.1, 0.15) is 18.1 Å². The molecule has 2 aromatic carbocycles. The second kappa shape index (κ2) is 4.74. The number of aromatic nitrogens is 1. The molecule has 0 saturated carbocycles. The van der Waals surface area contributed by atoms with Gasteiger partial charge in [-0.15, -0.1) is 0 Å². The molecule has 0 fully saturated rings. The minimum absolute atomic E-state index is 0.167. The Morgan fingerprint density at radius 2 is 2.05 bits per heavy atom. The van der Waals surface area contributed by atoms with E-state index in [0.717, 1.165) is 22.1 Å². The molecule has 0 radical (unpaired) electrons. The van der Waals surface area contributed by atoms with Crippen LogP contribution in [0, 0.1) is 0 Å². The Morgan fingerprint density at radius 3 is 2.79 bits per heavy atom. The van der Waals surface area contributed by atoms with E-state index in [1.165, 1.54) is 0 Å². The van der Waals surface area contributed by atoms with Crippen molar-refractivity contribution in [3.05, 3.63) is 48.2 Å². The number of aliphatic hydroxyl groups excluding tert-OH is 1. The maximum absolute atomic E-state index is 9.07. The molecule has 1 aromatic heterocycles. The lowest BCUT2D eigenvalue weighted by atomic mass is 10.0. The molecule has 0 aliphatic carbocycles. The molecule has 1 N–H and O–H groups in total. The first kappa shape index (κ1) is 11.7.